The van der Waals surface area contributed by atoms with Crippen molar-refractivity contribution in [1.29, 1.82) is 0 Å². The summed E-state index contributed by atoms with van der Waals surface area (Å²) in [6, 6.07) is 4.12. The Morgan fingerprint density at radius 1 is 1.50 bits per heavy atom. The Kier molecular flexibility index (Phi) is 3.66. The number of nitrogens with zero attached hydrogens (tertiary/aromatic N) is 3. The lowest BCUT2D eigenvalue weighted by atomic mass is 10.3. The van der Waals surface area contributed by atoms with Gasteiger partial charge in [0.15, 0.2) is 0 Å². The molecular weight excluding hydrogens is 235 g/mol. The molecule has 0 aliphatic rings. The van der Waals surface area contributed by atoms with Crippen LogP contribution in [0.2, 0.25) is 0 Å². The van der Waals surface area contributed by atoms with Crippen molar-refractivity contribution in [2.24, 2.45) is 7.05 Å². The van der Waals surface area contributed by atoms with Crippen LogP contribution in [-0.4, -0.2) is 27.0 Å². The van der Waals surface area contributed by atoms with Gasteiger partial charge in [0.1, 0.15) is 11.5 Å². The first-order chi connectivity index (χ1) is 8.66. The maximum Gasteiger partial charge on any atom is 0.270 e. The molecule has 0 saturated heterocycles. The van der Waals surface area contributed by atoms with Crippen LogP contribution in [0.4, 0.5) is 4.39 Å². The number of hydrogen-bond acceptors (Lipinski definition) is 3. The Labute approximate surface area is 104 Å². The molecule has 0 spiro atoms. The molecule has 0 radical (unpaired) electrons. The van der Waals surface area contributed by atoms with Crippen LogP contribution in [0, 0.1) is 5.95 Å². The molecule has 2 rings (SSSR count). The maximum absolute atomic E-state index is 12.8. The third kappa shape index (κ3) is 2.91. The minimum Gasteiger partial charge on any atom is -0.350 e. The van der Waals surface area contributed by atoms with Crippen LogP contribution in [0.25, 0.3) is 0 Å². The van der Waals surface area contributed by atoms with Gasteiger partial charge in [-0.05, 0) is 12.1 Å². The number of amides is 1. The smallest absolute Gasteiger partial charge is 0.270 e. The minimum atomic E-state index is -0.660. The Morgan fingerprint density at radius 3 is 3.00 bits per heavy atom. The second-order valence-corrected chi connectivity index (χ2v) is 3.81. The summed E-state index contributed by atoms with van der Waals surface area (Å²) in [5.74, 6) is -0.169. The SMILES string of the molecule is Cn1ccnc1CCNC(=O)c1cccc(F)n1. The third-order valence-electron chi connectivity index (χ3n) is 2.50. The van der Waals surface area contributed by atoms with E-state index in [4.69, 9.17) is 0 Å². The van der Waals surface area contributed by atoms with E-state index in [1.807, 2.05) is 17.8 Å². The van der Waals surface area contributed by atoms with E-state index in [1.165, 1.54) is 18.2 Å². The van der Waals surface area contributed by atoms with Crippen molar-refractivity contribution < 1.29 is 9.18 Å². The maximum atomic E-state index is 12.8. The second-order valence-electron chi connectivity index (χ2n) is 3.81. The average molecular weight is 248 g/mol. The molecule has 0 aliphatic heterocycles. The molecule has 2 heterocycles. The molecule has 0 saturated carbocycles. The Bertz CT molecular complexity index is 553. The van der Waals surface area contributed by atoms with E-state index in [0.717, 1.165) is 5.82 Å². The van der Waals surface area contributed by atoms with Crippen LogP contribution in [0.5, 0.6) is 0 Å². The zero-order valence-electron chi connectivity index (χ0n) is 9.93. The van der Waals surface area contributed by atoms with Gasteiger partial charge in [-0.1, -0.05) is 6.07 Å². The lowest BCUT2D eigenvalue weighted by Crippen LogP contribution is -2.27. The van der Waals surface area contributed by atoms with Crippen LogP contribution in [0.1, 0.15) is 16.3 Å². The monoisotopic (exact) mass is 248 g/mol. The summed E-state index contributed by atoms with van der Waals surface area (Å²) in [4.78, 5) is 19.3. The van der Waals surface area contributed by atoms with Gasteiger partial charge in [-0.15, -0.1) is 0 Å². The summed E-state index contributed by atoms with van der Waals surface area (Å²) in [6.07, 6.45) is 4.15. The third-order valence-corrected chi connectivity index (χ3v) is 2.50. The van der Waals surface area contributed by atoms with E-state index in [0.29, 0.717) is 13.0 Å². The first-order valence-electron chi connectivity index (χ1n) is 5.54. The first kappa shape index (κ1) is 12.2. The van der Waals surface area contributed by atoms with Crippen molar-refractivity contribution in [3.8, 4) is 0 Å². The number of carbonyl (C=O) groups is 1. The quantitative estimate of drug-likeness (QED) is 0.819. The van der Waals surface area contributed by atoms with Gasteiger partial charge in [-0.2, -0.15) is 4.39 Å². The predicted molar refractivity (Wildman–Crippen MR) is 63.4 cm³/mol. The fraction of sp³-hybridized carbons (Fsp3) is 0.250. The van der Waals surface area contributed by atoms with E-state index in [2.05, 4.69) is 15.3 Å². The highest BCUT2D eigenvalue weighted by Crippen LogP contribution is 1.98. The van der Waals surface area contributed by atoms with E-state index in [9.17, 15) is 9.18 Å². The largest absolute Gasteiger partial charge is 0.350 e. The number of pyridine rings is 1. The number of imidazole rings is 1. The van der Waals surface area contributed by atoms with Gasteiger partial charge in [-0.25, -0.2) is 9.97 Å². The summed E-state index contributed by atoms with van der Waals surface area (Å²) in [5, 5.41) is 2.67. The van der Waals surface area contributed by atoms with Gasteiger partial charge in [0.2, 0.25) is 5.95 Å². The Balaban J connectivity index is 1.87. The number of aromatic nitrogens is 3. The van der Waals surface area contributed by atoms with Gasteiger partial charge < -0.3 is 9.88 Å². The normalized spacial score (nSPS) is 10.3. The summed E-state index contributed by atoms with van der Waals surface area (Å²) >= 11 is 0. The molecule has 6 heteroatoms. The standard InChI is InChI=1S/C12H13FN4O/c1-17-8-7-14-11(17)5-6-15-12(18)9-3-2-4-10(13)16-9/h2-4,7-8H,5-6H2,1H3,(H,15,18). The van der Waals surface area contributed by atoms with Gasteiger partial charge in [0, 0.05) is 32.4 Å². The van der Waals surface area contributed by atoms with Gasteiger partial charge in [0.25, 0.3) is 5.91 Å². The molecule has 1 amide bonds. The van der Waals surface area contributed by atoms with Crippen LogP contribution in [0.15, 0.2) is 30.6 Å². The molecule has 0 fully saturated rings. The van der Waals surface area contributed by atoms with Crippen LogP contribution in [-0.2, 0) is 13.5 Å². The average Bonchev–Trinajstić information content (AvgIpc) is 2.75. The molecular formula is C12H13FN4O. The highest BCUT2D eigenvalue weighted by Gasteiger charge is 2.07. The van der Waals surface area contributed by atoms with E-state index in [1.54, 1.807) is 6.20 Å². The summed E-state index contributed by atoms with van der Waals surface area (Å²) in [5.41, 5.74) is 0.0786. The number of rotatable bonds is 4. The second kappa shape index (κ2) is 5.39. The highest BCUT2D eigenvalue weighted by molar-refractivity contribution is 5.92. The lowest BCUT2D eigenvalue weighted by molar-refractivity contribution is 0.0948. The highest BCUT2D eigenvalue weighted by atomic mass is 19.1. The molecule has 94 valence electrons. The first-order valence-corrected chi connectivity index (χ1v) is 5.54. The van der Waals surface area contributed by atoms with Gasteiger partial charge in [0.05, 0.1) is 0 Å². The number of hydrogen-bond donors (Lipinski definition) is 1. The van der Waals surface area contributed by atoms with Gasteiger partial charge in [-0.3, -0.25) is 4.79 Å². The summed E-state index contributed by atoms with van der Waals surface area (Å²) in [7, 11) is 1.89. The molecule has 0 atom stereocenters. The van der Waals surface area contributed by atoms with Gasteiger partial charge >= 0.3 is 0 Å². The number of aryl methyl sites for hydroxylation is 1. The summed E-state index contributed by atoms with van der Waals surface area (Å²) in [6.45, 7) is 0.432. The van der Waals surface area contributed by atoms with Crippen LogP contribution in [0.3, 0.4) is 0 Å². The van der Waals surface area contributed by atoms with Crippen LogP contribution < -0.4 is 5.32 Å². The van der Waals surface area contributed by atoms with E-state index in [-0.39, 0.29) is 11.6 Å². The number of carbonyl (C=O) groups excluding carboxylic acids is 1. The molecule has 1 N–H and O–H groups in total. The van der Waals surface area contributed by atoms with E-state index < -0.39 is 5.95 Å². The van der Waals surface area contributed by atoms with Crippen molar-refractivity contribution in [1.82, 2.24) is 19.9 Å². The van der Waals surface area contributed by atoms with Crippen molar-refractivity contribution >= 4 is 5.91 Å². The zero-order chi connectivity index (χ0) is 13.0. The molecule has 18 heavy (non-hydrogen) atoms. The predicted octanol–water partition coefficient (Wildman–Crippen LogP) is 0.927. The fourth-order valence-corrected chi connectivity index (χ4v) is 1.55. The van der Waals surface area contributed by atoms with E-state index >= 15 is 0 Å². The van der Waals surface area contributed by atoms with Crippen molar-refractivity contribution in [2.45, 2.75) is 6.42 Å². The molecule has 0 aliphatic carbocycles. The minimum absolute atomic E-state index is 0.0786. The van der Waals surface area contributed by atoms with Crippen molar-refractivity contribution in [3.63, 3.8) is 0 Å². The molecule has 0 aromatic carbocycles. The molecule has 0 bridgehead atoms. The molecule has 2 aromatic heterocycles. The zero-order valence-corrected chi connectivity index (χ0v) is 9.93. The number of halogens is 1. The molecule has 0 unspecified atom stereocenters. The number of nitrogens with one attached hydrogen (secondary N) is 1. The van der Waals surface area contributed by atoms with Crippen LogP contribution >= 0.6 is 0 Å². The Morgan fingerprint density at radius 2 is 2.33 bits per heavy atom. The Hall–Kier alpha value is -2.24. The van der Waals surface area contributed by atoms with Crippen molar-refractivity contribution in [2.75, 3.05) is 6.54 Å². The van der Waals surface area contributed by atoms with Crippen molar-refractivity contribution in [3.05, 3.63) is 48.1 Å². The molecule has 2 aromatic rings. The summed E-state index contributed by atoms with van der Waals surface area (Å²) < 4.78 is 14.7. The fourth-order valence-electron chi connectivity index (χ4n) is 1.55. The lowest BCUT2D eigenvalue weighted by Gasteiger charge is -2.04. The molecule has 5 nitrogen and oxygen atoms in total. The topological polar surface area (TPSA) is 59.8 Å².